The van der Waals surface area contributed by atoms with Gasteiger partial charge < -0.3 is 9.42 Å². The lowest BCUT2D eigenvalue weighted by atomic mass is 9.93. The predicted molar refractivity (Wildman–Crippen MR) is 87.2 cm³/mol. The summed E-state index contributed by atoms with van der Waals surface area (Å²) in [4.78, 5) is 15.0. The van der Waals surface area contributed by atoms with Crippen molar-refractivity contribution in [2.45, 2.75) is 51.0 Å². The molecule has 1 fully saturated rings. The highest BCUT2D eigenvalue weighted by molar-refractivity contribution is 5.94. The molecular formula is C19H21FN2O2. The predicted octanol–water partition coefficient (Wildman–Crippen LogP) is 4.06. The van der Waals surface area contributed by atoms with Gasteiger partial charge in [0.15, 0.2) is 5.69 Å². The molecule has 1 aliphatic carbocycles. The van der Waals surface area contributed by atoms with Crippen LogP contribution in [0.4, 0.5) is 4.39 Å². The molecule has 1 atom stereocenters. The number of likely N-dealkylation sites (tertiary alicyclic amines) is 1. The summed E-state index contributed by atoms with van der Waals surface area (Å²) < 4.78 is 18.6. The zero-order valence-electron chi connectivity index (χ0n) is 13.6. The number of hydrogen-bond donors (Lipinski definition) is 0. The first kappa shape index (κ1) is 15.4. The Labute approximate surface area is 140 Å². The summed E-state index contributed by atoms with van der Waals surface area (Å²) in [7, 11) is 0. The van der Waals surface area contributed by atoms with Crippen LogP contribution in [0, 0.1) is 5.82 Å². The lowest BCUT2D eigenvalue weighted by molar-refractivity contribution is 0.0600. The summed E-state index contributed by atoms with van der Waals surface area (Å²) in [5.74, 6) is 0.578. The smallest absolute Gasteiger partial charge is 0.276 e. The second-order valence-electron chi connectivity index (χ2n) is 6.70. The zero-order valence-corrected chi connectivity index (χ0v) is 13.6. The highest BCUT2D eigenvalue weighted by Crippen LogP contribution is 2.33. The van der Waals surface area contributed by atoms with Crippen molar-refractivity contribution in [2.75, 3.05) is 6.54 Å². The molecule has 4 nitrogen and oxygen atoms in total. The van der Waals surface area contributed by atoms with Crippen molar-refractivity contribution in [3.05, 3.63) is 52.7 Å². The maximum Gasteiger partial charge on any atom is 0.276 e. The van der Waals surface area contributed by atoms with Gasteiger partial charge in [-0.05, 0) is 56.2 Å². The number of hydrogen-bond acceptors (Lipinski definition) is 3. The van der Waals surface area contributed by atoms with Gasteiger partial charge in [0.1, 0.15) is 11.6 Å². The van der Waals surface area contributed by atoms with Gasteiger partial charge in [-0.2, -0.15) is 0 Å². The maximum absolute atomic E-state index is 13.2. The number of carbonyl (C=O) groups excluding carboxylic acids is 1. The number of benzene rings is 1. The third kappa shape index (κ3) is 2.72. The highest BCUT2D eigenvalue weighted by atomic mass is 19.1. The molecule has 1 aromatic carbocycles. The number of aromatic nitrogens is 1. The van der Waals surface area contributed by atoms with Crippen LogP contribution in [0.3, 0.4) is 0 Å². The first-order chi connectivity index (χ1) is 11.7. The zero-order chi connectivity index (χ0) is 16.5. The molecule has 24 heavy (non-hydrogen) atoms. The number of halogens is 1. The Kier molecular flexibility index (Phi) is 4.08. The fraction of sp³-hybridized carbons (Fsp3) is 0.474. The van der Waals surface area contributed by atoms with Crippen molar-refractivity contribution in [1.29, 1.82) is 0 Å². The van der Waals surface area contributed by atoms with Crippen molar-refractivity contribution in [3.8, 4) is 0 Å². The molecule has 4 rings (SSSR count). The molecule has 126 valence electrons. The molecule has 5 heteroatoms. The Morgan fingerprint density at radius 1 is 1.12 bits per heavy atom. The van der Waals surface area contributed by atoms with Gasteiger partial charge >= 0.3 is 0 Å². The van der Waals surface area contributed by atoms with Crippen LogP contribution in [0.1, 0.15) is 65.5 Å². The Morgan fingerprint density at radius 3 is 2.75 bits per heavy atom. The van der Waals surface area contributed by atoms with Crippen molar-refractivity contribution in [2.24, 2.45) is 0 Å². The molecule has 1 saturated heterocycles. The summed E-state index contributed by atoms with van der Waals surface area (Å²) in [5.41, 5.74) is 2.47. The van der Waals surface area contributed by atoms with E-state index in [1.54, 1.807) is 12.1 Å². The number of rotatable bonds is 2. The molecule has 0 unspecified atom stereocenters. The fourth-order valence-corrected chi connectivity index (χ4v) is 3.89. The van der Waals surface area contributed by atoms with Gasteiger partial charge in [0, 0.05) is 18.5 Å². The molecule has 1 aromatic heterocycles. The molecule has 0 N–H and O–H groups in total. The quantitative estimate of drug-likeness (QED) is 0.835. The van der Waals surface area contributed by atoms with E-state index in [0.717, 1.165) is 61.8 Å². The van der Waals surface area contributed by atoms with Crippen LogP contribution in [0.25, 0.3) is 0 Å². The summed E-state index contributed by atoms with van der Waals surface area (Å²) in [6, 6.07) is 6.48. The fourth-order valence-electron chi connectivity index (χ4n) is 3.89. The lowest BCUT2D eigenvalue weighted by Crippen LogP contribution is -2.39. The minimum atomic E-state index is -0.252. The van der Waals surface area contributed by atoms with Crippen LogP contribution >= 0.6 is 0 Å². The molecule has 0 radical (unpaired) electrons. The number of aryl methyl sites for hydroxylation is 1. The van der Waals surface area contributed by atoms with E-state index < -0.39 is 0 Å². The van der Waals surface area contributed by atoms with Crippen molar-refractivity contribution in [3.63, 3.8) is 0 Å². The number of piperidine rings is 1. The van der Waals surface area contributed by atoms with Crippen LogP contribution in [-0.2, 0) is 12.8 Å². The average Bonchev–Trinajstić information content (AvgIpc) is 3.06. The van der Waals surface area contributed by atoms with Gasteiger partial charge in [0.05, 0.1) is 6.04 Å². The van der Waals surface area contributed by atoms with Crippen molar-refractivity contribution >= 4 is 5.91 Å². The SMILES string of the molecule is O=C(c1noc2c1CCCC2)N1CCCC[C@@H]1c1ccc(F)cc1. The van der Waals surface area contributed by atoms with E-state index >= 15 is 0 Å². The average molecular weight is 328 g/mol. The largest absolute Gasteiger partial charge is 0.360 e. The van der Waals surface area contributed by atoms with Crippen molar-refractivity contribution < 1.29 is 13.7 Å². The molecule has 0 saturated carbocycles. The van der Waals surface area contributed by atoms with E-state index in [0.29, 0.717) is 12.2 Å². The monoisotopic (exact) mass is 328 g/mol. The Balaban J connectivity index is 1.64. The first-order valence-electron chi connectivity index (χ1n) is 8.78. The highest BCUT2D eigenvalue weighted by Gasteiger charge is 2.33. The lowest BCUT2D eigenvalue weighted by Gasteiger charge is -2.35. The van der Waals surface area contributed by atoms with Gasteiger partial charge in [-0.25, -0.2) is 4.39 Å². The first-order valence-corrected chi connectivity index (χ1v) is 8.78. The molecular weight excluding hydrogens is 307 g/mol. The van der Waals surface area contributed by atoms with E-state index in [4.69, 9.17) is 4.52 Å². The third-order valence-corrected chi connectivity index (χ3v) is 5.17. The van der Waals surface area contributed by atoms with Crippen LogP contribution in [0.15, 0.2) is 28.8 Å². The van der Waals surface area contributed by atoms with Gasteiger partial charge in [-0.15, -0.1) is 0 Å². The van der Waals surface area contributed by atoms with Crippen LogP contribution in [0.5, 0.6) is 0 Å². The molecule has 1 aliphatic heterocycles. The summed E-state index contributed by atoms with van der Waals surface area (Å²) in [5, 5.41) is 4.09. The Morgan fingerprint density at radius 2 is 1.92 bits per heavy atom. The van der Waals surface area contributed by atoms with Gasteiger partial charge in [0.25, 0.3) is 5.91 Å². The second-order valence-corrected chi connectivity index (χ2v) is 6.70. The van der Waals surface area contributed by atoms with Gasteiger partial charge in [-0.1, -0.05) is 17.3 Å². The normalized spacial score (nSPS) is 20.7. The molecule has 0 bridgehead atoms. The number of amides is 1. The Bertz CT molecular complexity index is 738. The summed E-state index contributed by atoms with van der Waals surface area (Å²) in [6.45, 7) is 0.711. The second kappa shape index (κ2) is 6.38. The van der Waals surface area contributed by atoms with Crippen molar-refractivity contribution in [1.82, 2.24) is 10.1 Å². The third-order valence-electron chi connectivity index (χ3n) is 5.17. The molecule has 2 heterocycles. The molecule has 1 amide bonds. The number of carbonyl (C=O) groups is 1. The summed E-state index contributed by atoms with van der Waals surface area (Å²) >= 11 is 0. The maximum atomic E-state index is 13.2. The minimum Gasteiger partial charge on any atom is -0.360 e. The van der Waals surface area contributed by atoms with Crippen LogP contribution < -0.4 is 0 Å². The molecule has 0 spiro atoms. The van der Waals surface area contributed by atoms with E-state index in [1.165, 1.54) is 12.1 Å². The van der Waals surface area contributed by atoms with Crippen LogP contribution in [-0.4, -0.2) is 22.5 Å². The van der Waals surface area contributed by atoms with Gasteiger partial charge in [-0.3, -0.25) is 4.79 Å². The Hall–Kier alpha value is -2.17. The topological polar surface area (TPSA) is 46.3 Å². The minimum absolute atomic E-state index is 0.0113. The number of fused-ring (bicyclic) bond motifs is 1. The summed E-state index contributed by atoms with van der Waals surface area (Å²) in [6.07, 6.45) is 6.88. The molecule has 2 aromatic rings. The van der Waals surface area contributed by atoms with E-state index in [2.05, 4.69) is 5.16 Å². The van der Waals surface area contributed by atoms with E-state index in [9.17, 15) is 9.18 Å². The van der Waals surface area contributed by atoms with Gasteiger partial charge in [0.2, 0.25) is 0 Å². The number of nitrogens with zero attached hydrogens (tertiary/aromatic N) is 2. The van der Waals surface area contributed by atoms with Crippen LogP contribution in [0.2, 0.25) is 0 Å². The van der Waals surface area contributed by atoms with E-state index in [-0.39, 0.29) is 17.8 Å². The molecule has 2 aliphatic rings. The standard InChI is InChI=1S/C19H21FN2O2/c20-14-10-8-13(9-11-14)16-6-3-4-12-22(16)19(23)18-15-5-1-2-7-17(15)24-21-18/h8-11,16H,1-7,12H2/t16-/m1/s1. The van der Waals surface area contributed by atoms with E-state index in [1.807, 2.05) is 4.90 Å².